The van der Waals surface area contributed by atoms with Gasteiger partial charge in [-0.2, -0.15) is 0 Å². The predicted octanol–water partition coefficient (Wildman–Crippen LogP) is 5.77. The molecule has 0 aromatic rings. The summed E-state index contributed by atoms with van der Waals surface area (Å²) in [6.07, 6.45) is 9.75. The summed E-state index contributed by atoms with van der Waals surface area (Å²) >= 11 is 1.59. The third kappa shape index (κ3) is 11.4. The fraction of sp³-hybridized carbons (Fsp3) is 0.778. The number of methoxy groups -OCH3 is 1. The Hall–Kier alpha value is -1.31. The Bertz CT molecular complexity index is 694. The Labute approximate surface area is 210 Å². The Morgan fingerprint density at radius 2 is 1.91 bits per heavy atom. The smallest absolute Gasteiger partial charge is 0.316 e. The van der Waals surface area contributed by atoms with Gasteiger partial charge in [0.25, 0.3) is 0 Å². The number of esters is 2. The van der Waals surface area contributed by atoms with Gasteiger partial charge in [0.2, 0.25) is 0 Å². The van der Waals surface area contributed by atoms with Gasteiger partial charge < -0.3 is 19.7 Å². The minimum Gasteiger partial charge on any atom is -0.469 e. The van der Waals surface area contributed by atoms with Crippen LogP contribution >= 0.6 is 11.8 Å². The van der Waals surface area contributed by atoms with Crippen LogP contribution in [0.2, 0.25) is 0 Å². The number of thioether (sulfide) groups is 1. The molecule has 0 fully saturated rings. The molecule has 196 valence electrons. The van der Waals surface area contributed by atoms with Gasteiger partial charge in [0, 0.05) is 23.7 Å². The molecule has 1 aliphatic carbocycles. The number of aliphatic hydroxyl groups is 2. The van der Waals surface area contributed by atoms with Crippen LogP contribution in [0, 0.1) is 17.3 Å². The summed E-state index contributed by atoms with van der Waals surface area (Å²) in [7, 11) is 1.40. The van der Waals surface area contributed by atoms with Crippen molar-refractivity contribution >= 4 is 23.7 Å². The highest BCUT2D eigenvalue weighted by atomic mass is 32.2. The summed E-state index contributed by atoms with van der Waals surface area (Å²) in [5, 5.41) is 21.2. The van der Waals surface area contributed by atoms with Crippen LogP contribution in [0.1, 0.15) is 92.4 Å². The molecule has 0 amide bonds. The summed E-state index contributed by atoms with van der Waals surface area (Å²) < 4.78 is 10.4. The molecule has 0 heterocycles. The van der Waals surface area contributed by atoms with Crippen molar-refractivity contribution in [1.29, 1.82) is 0 Å². The average molecular weight is 499 g/mol. The third-order valence-electron chi connectivity index (χ3n) is 5.96. The van der Waals surface area contributed by atoms with Crippen molar-refractivity contribution in [2.45, 2.75) is 105 Å². The average Bonchev–Trinajstić information content (AvgIpc) is 3.05. The van der Waals surface area contributed by atoms with Crippen molar-refractivity contribution in [2.75, 3.05) is 12.9 Å². The van der Waals surface area contributed by atoms with Crippen LogP contribution in [0.15, 0.2) is 22.8 Å². The number of ether oxygens (including phenoxy) is 2. The number of carbonyl (C=O) groups excluding carboxylic acids is 2. The number of rotatable bonds is 15. The van der Waals surface area contributed by atoms with Gasteiger partial charge in [-0.05, 0) is 51.7 Å². The number of hydrogen-bond acceptors (Lipinski definition) is 7. The monoisotopic (exact) mass is 498 g/mol. The second kappa shape index (κ2) is 15.6. The van der Waals surface area contributed by atoms with E-state index in [1.165, 1.54) is 7.11 Å². The van der Waals surface area contributed by atoms with E-state index in [4.69, 9.17) is 4.74 Å². The summed E-state index contributed by atoms with van der Waals surface area (Å²) in [4.78, 5) is 24.6. The van der Waals surface area contributed by atoms with Crippen molar-refractivity contribution in [3.63, 3.8) is 0 Å². The van der Waals surface area contributed by atoms with Crippen molar-refractivity contribution in [2.24, 2.45) is 17.3 Å². The highest BCUT2D eigenvalue weighted by Crippen LogP contribution is 2.42. The molecule has 0 spiro atoms. The first-order valence-corrected chi connectivity index (χ1v) is 13.7. The zero-order valence-electron chi connectivity index (χ0n) is 22.0. The topological polar surface area (TPSA) is 93.1 Å². The first kappa shape index (κ1) is 30.7. The van der Waals surface area contributed by atoms with Gasteiger partial charge in [-0.15, -0.1) is 11.8 Å². The molecular formula is C27H46O6S. The van der Waals surface area contributed by atoms with E-state index in [1.54, 1.807) is 17.8 Å². The Morgan fingerprint density at radius 1 is 1.21 bits per heavy atom. The Morgan fingerprint density at radius 3 is 2.53 bits per heavy atom. The summed E-state index contributed by atoms with van der Waals surface area (Å²) in [5.74, 6) is 0.946. The molecule has 2 N–H and O–H groups in total. The maximum absolute atomic E-state index is 12.5. The number of hydrogen-bond donors (Lipinski definition) is 2. The predicted molar refractivity (Wildman–Crippen MR) is 138 cm³/mol. The fourth-order valence-electron chi connectivity index (χ4n) is 3.77. The van der Waals surface area contributed by atoms with Crippen LogP contribution in [0.4, 0.5) is 0 Å². The van der Waals surface area contributed by atoms with E-state index in [0.717, 1.165) is 49.2 Å². The van der Waals surface area contributed by atoms with Crippen LogP contribution in [-0.2, 0) is 19.1 Å². The van der Waals surface area contributed by atoms with Gasteiger partial charge in [0.15, 0.2) is 0 Å². The molecule has 7 heteroatoms. The first-order chi connectivity index (χ1) is 16.0. The van der Waals surface area contributed by atoms with Crippen molar-refractivity contribution in [3.05, 3.63) is 22.8 Å². The van der Waals surface area contributed by atoms with E-state index >= 15 is 0 Å². The zero-order chi connectivity index (χ0) is 25.7. The lowest BCUT2D eigenvalue weighted by atomic mass is 9.96. The third-order valence-corrected chi connectivity index (χ3v) is 7.26. The minimum absolute atomic E-state index is 0.196. The van der Waals surface area contributed by atoms with Crippen LogP contribution < -0.4 is 0 Å². The second-order valence-corrected chi connectivity index (χ2v) is 11.5. The molecule has 0 radical (unpaired) electrons. The first-order valence-electron chi connectivity index (χ1n) is 12.7. The van der Waals surface area contributed by atoms with Crippen LogP contribution in [0.3, 0.4) is 0 Å². The maximum Gasteiger partial charge on any atom is 0.316 e. The van der Waals surface area contributed by atoms with E-state index in [0.29, 0.717) is 24.5 Å². The van der Waals surface area contributed by atoms with Crippen LogP contribution in [-0.4, -0.2) is 47.2 Å². The van der Waals surface area contributed by atoms with E-state index in [2.05, 4.69) is 18.6 Å². The molecule has 0 aromatic carbocycles. The largest absolute Gasteiger partial charge is 0.469 e. The number of unbranched alkanes of at least 4 members (excludes halogenated alkanes) is 3. The van der Waals surface area contributed by atoms with Gasteiger partial charge in [0.05, 0.1) is 24.7 Å². The Balaban J connectivity index is 2.84. The van der Waals surface area contributed by atoms with Crippen molar-refractivity contribution in [3.8, 4) is 0 Å². The van der Waals surface area contributed by atoms with Gasteiger partial charge >= 0.3 is 11.9 Å². The molecule has 0 saturated heterocycles. The highest BCUT2D eigenvalue weighted by Gasteiger charge is 2.36. The molecular weight excluding hydrogens is 452 g/mol. The molecule has 0 saturated carbocycles. The van der Waals surface area contributed by atoms with Gasteiger partial charge in [0.1, 0.15) is 5.76 Å². The minimum atomic E-state index is -0.689. The zero-order valence-corrected chi connectivity index (χ0v) is 22.8. The van der Waals surface area contributed by atoms with Crippen LogP contribution in [0.25, 0.3) is 0 Å². The molecule has 0 bridgehead atoms. The SMILES string of the molecule is CCCC[C@@H](C)C[C@H](O)/C=C/[C@@H]1C(SCCCCCC(=O)OC)=C(OC(=O)C(C)(C)C)C[C@H]1O. The second-order valence-electron chi connectivity index (χ2n) is 10.4. The number of aliphatic hydroxyl groups excluding tert-OH is 2. The molecule has 1 rings (SSSR count). The van der Waals surface area contributed by atoms with E-state index in [9.17, 15) is 19.8 Å². The lowest BCUT2D eigenvalue weighted by Gasteiger charge is -2.18. The summed E-state index contributed by atoms with van der Waals surface area (Å²) in [6, 6.07) is 0. The lowest BCUT2D eigenvalue weighted by molar-refractivity contribution is -0.148. The van der Waals surface area contributed by atoms with E-state index in [-0.39, 0.29) is 24.3 Å². The van der Waals surface area contributed by atoms with Gasteiger partial charge in [-0.25, -0.2) is 0 Å². The normalized spacial score (nSPS) is 20.6. The standard InChI is InChI=1S/C27H46O6S/c1-7-8-12-19(2)17-20(28)14-15-21-22(29)18-23(33-26(31)27(3,4)5)25(21)34-16-11-9-10-13-24(30)32-6/h14-15,19-22,28-29H,7-13,16-18H2,1-6H3/b15-14+/t19-,20-,21+,22-/m1/s1. The van der Waals surface area contributed by atoms with Gasteiger partial charge in [-0.3, -0.25) is 9.59 Å². The Kier molecular flexibility index (Phi) is 14.1. The maximum atomic E-state index is 12.5. The number of carbonyl (C=O) groups is 2. The summed E-state index contributed by atoms with van der Waals surface area (Å²) in [6.45, 7) is 9.75. The fourth-order valence-corrected chi connectivity index (χ4v) is 5.05. The molecule has 1 aliphatic rings. The summed E-state index contributed by atoms with van der Waals surface area (Å²) in [5.41, 5.74) is -0.639. The molecule has 0 aliphatic heterocycles. The van der Waals surface area contributed by atoms with Crippen molar-refractivity contribution in [1.82, 2.24) is 0 Å². The molecule has 34 heavy (non-hydrogen) atoms. The molecule has 6 nitrogen and oxygen atoms in total. The quantitative estimate of drug-likeness (QED) is 0.168. The van der Waals surface area contributed by atoms with E-state index in [1.807, 2.05) is 26.8 Å². The molecule has 4 atom stereocenters. The van der Waals surface area contributed by atoms with Crippen molar-refractivity contribution < 1.29 is 29.3 Å². The highest BCUT2D eigenvalue weighted by molar-refractivity contribution is 8.03. The molecule has 0 unspecified atom stereocenters. The lowest BCUT2D eigenvalue weighted by Crippen LogP contribution is -2.22. The van der Waals surface area contributed by atoms with E-state index < -0.39 is 17.6 Å². The molecule has 0 aromatic heterocycles. The van der Waals surface area contributed by atoms with Gasteiger partial charge in [-0.1, -0.05) is 51.7 Å². The van der Waals surface area contributed by atoms with Crippen LogP contribution in [0.5, 0.6) is 0 Å².